The van der Waals surface area contributed by atoms with E-state index in [9.17, 15) is 14.1 Å². The predicted molar refractivity (Wildman–Crippen MR) is 109 cm³/mol. The Morgan fingerprint density at radius 2 is 2.00 bits per heavy atom. The minimum Gasteiger partial charge on any atom is -0.481 e. The topological polar surface area (TPSA) is 54.4 Å². The molecule has 7 heteroatoms. The monoisotopic (exact) mass is 426 g/mol. The van der Waals surface area contributed by atoms with E-state index in [1.807, 2.05) is 24.4 Å². The summed E-state index contributed by atoms with van der Waals surface area (Å²) in [7, 11) is -1.26. The minimum atomic E-state index is -1.26. The van der Waals surface area contributed by atoms with Crippen LogP contribution in [0.15, 0.2) is 46.7 Å². The number of rotatable bonds is 6. The van der Waals surface area contributed by atoms with Gasteiger partial charge < -0.3 is 5.11 Å². The van der Waals surface area contributed by atoms with Crippen LogP contribution in [-0.4, -0.2) is 15.3 Å². The number of benzene rings is 2. The van der Waals surface area contributed by atoms with Gasteiger partial charge in [0.25, 0.3) is 0 Å². The summed E-state index contributed by atoms with van der Waals surface area (Å²) >= 11 is 13.5. The van der Waals surface area contributed by atoms with Gasteiger partial charge in [0.15, 0.2) is 0 Å². The first-order valence-electron chi connectivity index (χ1n) is 7.97. The highest BCUT2D eigenvalue weighted by molar-refractivity contribution is 7.84. The van der Waals surface area contributed by atoms with Crippen LogP contribution in [0.5, 0.6) is 0 Å². The van der Waals surface area contributed by atoms with E-state index in [1.54, 1.807) is 24.3 Å². The van der Waals surface area contributed by atoms with Crippen LogP contribution in [0.1, 0.15) is 30.4 Å². The molecule has 0 spiro atoms. The van der Waals surface area contributed by atoms with E-state index in [0.29, 0.717) is 27.1 Å². The molecule has 3 rings (SSSR count). The second kappa shape index (κ2) is 8.09. The van der Waals surface area contributed by atoms with Crippen molar-refractivity contribution in [1.29, 1.82) is 0 Å². The molecule has 1 heterocycles. The molecule has 3 nitrogen and oxygen atoms in total. The molecule has 2 unspecified atom stereocenters. The molecule has 136 valence electrons. The van der Waals surface area contributed by atoms with Crippen LogP contribution in [0.3, 0.4) is 0 Å². The van der Waals surface area contributed by atoms with Crippen molar-refractivity contribution in [3.8, 4) is 0 Å². The van der Waals surface area contributed by atoms with Crippen LogP contribution < -0.4 is 0 Å². The lowest BCUT2D eigenvalue weighted by Gasteiger charge is -2.09. The number of aliphatic carboxylic acids is 1. The molecule has 1 aromatic heterocycles. The molecule has 1 N–H and O–H groups in total. The molecule has 26 heavy (non-hydrogen) atoms. The Balaban J connectivity index is 1.89. The summed E-state index contributed by atoms with van der Waals surface area (Å²) in [6, 6.07) is 10.7. The van der Waals surface area contributed by atoms with E-state index >= 15 is 0 Å². The lowest BCUT2D eigenvalue weighted by molar-refractivity contribution is -0.138. The normalized spacial score (nSPS) is 13.7. The summed E-state index contributed by atoms with van der Waals surface area (Å²) < 4.78 is 13.7. The molecule has 3 aromatic rings. The van der Waals surface area contributed by atoms with Gasteiger partial charge in [-0.3, -0.25) is 9.00 Å². The number of halogens is 2. The lowest BCUT2D eigenvalue weighted by atomic mass is 9.96. The molecule has 2 aromatic carbocycles. The van der Waals surface area contributed by atoms with Gasteiger partial charge >= 0.3 is 5.97 Å². The Bertz CT molecular complexity index is 998. The van der Waals surface area contributed by atoms with Crippen molar-refractivity contribution >= 4 is 61.4 Å². The number of hydrogen-bond acceptors (Lipinski definition) is 3. The molecule has 0 aliphatic rings. The Morgan fingerprint density at radius 1 is 1.23 bits per heavy atom. The highest BCUT2D eigenvalue weighted by Crippen LogP contribution is 2.34. The fourth-order valence-electron chi connectivity index (χ4n) is 2.83. The van der Waals surface area contributed by atoms with Crippen molar-refractivity contribution in [3.63, 3.8) is 0 Å². The van der Waals surface area contributed by atoms with Crippen LogP contribution >= 0.6 is 34.5 Å². The van der Waals surface area contributed by atoms with Crippen LogP contribution in [0.2, 0.25) is 10.0 Å². The van der Waals surface area contributed by atoms with Gasteiger partial charge in [-0.15, -0.1) is 11.3 Å². The van der Waals surface area contributed by atoms with Crippen molar-refractivity contribution < 1.29 is 14.1 Å². The van der Waals surface area contributed by atoms with Gasteiger partial charge in [0.05, 0.1) is 22.5 Å². The Labute approximate surface area is 168 Å². The number of carboxylic acids is 1. The molecule has 0 aliphatic heterocycles. The zero-order valence-corrected chi connectivity index (χ0v) is 17.0. The first-order chi connectivity index (χ1) is 12.4. The summed E-state index contributed by atoms with van der Waals surface area (Å²) in [6.07, 6.45) is 0.532. The van der Waals surface area contributed by atoms with E-state index in [2.05, 4.69) is 0 Å². The second-order valence-electron chi connectivity index (χ2n) is 5.87. The Morgan fingerprint density at radius 3 is 2.65 bits per heavy atom. The summed E-state index contributed by atoms with van der Waals surface area (Å²) in [4.78, 5) is 12.1. The fourth-order valence-corrected chi connectivity index (χ4v) is 5.68. The fraction of sp³-hybridized carbons (Fsp3) is 0.211. The van der Waals surface area contributed by atoms with Gasteiger partial charge in [0, 0.05) is 19.6 Å². The van der Waals surface area contributed by atoms with E-state index in [-0.39, 0.29) is 0 Å². The van der Waals surface area contributed by atoms with E-state index in [0.717, 1.165) is 21.2 Å². The highest BCUT2D eigenvalue weighted by atomic mass is 35.5. The van der Waals surface area contributed by atoms with Crippen LogP contribution in [0.4, 0.5) is 0 Å². The van der Waals surface area contributed by atoms with Crippen molar-refractivity contribution in [2.75, 3.05) is 0 Å². The third-order valence-electron chi connectivity index (χ3n) is 4.22. The summed E-state index contributed by atoms with van der Waals surface area (Å²) in [5, 5.41) is 13.2. The first kappa shape index (κ1) is 19.4. The smallest absolute Gasteiger partial charge is 0.311 e. The van der Waals surface area contributed by atoms with Crippen LogP contribution in [-0.2, 0) is 21.3 Å². The van der Waals surface area contributed by atoms with Crippen molar-refractivity contribution in [3.05, 3.63) is 63.0 Å². The minimum absolute atomic E-state index is 0.298. The predicted octanol–water partition coefficient (Wildman–Crippen LogP) is 6.09. The van der Waals surface area contributed by atoms with Crippen molar-refractivity contribution in [2.24, 2.45) is 0 Å². The molecule has 0 fully saturated rings. The van der Waals surface area contributed by atoms with E-state index in [1.165, 1.54) is 11.3 Å². The van der Waals surface area contributed by atoms with Gasteiger partial charge in [0.2, 0.25) is 0 Å². The number of carboxylic acid groups (broad SMARTS) is 1. The maximum Gasteiger partial charge on any atom is 0.311 e. The van der Waals surface area contributed by atoms with Crippen molar-refractivity contribution in [2.45, 2.75) is 29.9 Å². The highest BCUT2D eigenvalue weighted by Gasteiger charge is 2.21. The third-order valence-corrected chi connectivity index (χ3v) is 7.13. The maximum atomic E-state index is 12.7. The average molecular weight is 427 g/mol. The number of thiophene rings is 1. The second-order valence-corrected chi connectivity index (χ2v) is 9.08. The SMILES string of the molecule is CCC(C(=O)O)c1csc2cc(S(=O)Cc3ccc(Cl)cc3Cl)ccc12. The largest absolute Gasteiger partial charge is 0.481 e. The van der Waals surface area contributed by atoms with Gasteiger partial charge in [0.1, 0.15) is 0 Å². The number of fused-ring (bicyclic) bond motifs is 1. The number of hydrogen-bond donors (Lipinski definition) is 1. The molecule has 0 saturated heterocycles. The third kappa shape index (κ3) is 3.96. The molecular formula is C19H16Cl2O3S2. The molecule has 0 saturated carbocycles. The zero-order chi connectivity index (χ0) is 18.8. The lowest BCUT2D eigenvalue weighted by Crippen LogP contribution is -2.09. The quantitative estimate of drug-likeness (QED) is 0.518. The maximum absolute atomic E-state index is 12.7. The van der Waals surface area contributed by atoms with Gasteiger partial charge in [-0.1, -0.05) is 42.3 Å². The standard InChI is InChI=1S/C19H16Cl2O3S2/c1-2-14(19(22)23)16-9-25-18-8-13(5-6-15(16)18)26(24)10-11-3-4-12(20)7-17(11)21/h3-9,14H,2,10H2,1H3,(H,22,23). The van der Waals surface area contributed by atoms with Gasteiger partial charge in [-0.2, -0.15) is 0 Å². The first-order valence-corrected chi connectivity index (χ1v) is 10.9. The van der Waals surface area contributed by atoms with Crippen molar-refractivity contribution in [1.82, 2.24) is 0 Å². The molecular weight excluding hydrogens is 411 g/mol. The Hall–Kier alpha value is -1.40. The molecule has 0 aliphatic carbocycles. The zero-order valence-electron chi connectivity index (χ0n) is 13.9. The molecule has 2 atom stereocenters. The van der Waals surface area contributed by atoms with Gasteiger partial charge in [-0.25, -0.2) is 0 Å². The molecule has 0 radical (unpaired) electrons. The van der Waals surface area contributed by atoms with Crippen LogP contribution in [0.25, 0.3) is 10.1 Å². The van der Waals surface area contributed by atoms with E-state index < -0.39 is 22.7 Å². The molecule has 0 amide bonds. The Kier molecular flexibility index (Phi) is 6.03. The number of carbonyl (C=O) groups is 1. The summed E-state index contributed by atoms with van der Waals surface area (Å²) in [5.74, 6) is -1.04. The molecule has 0 bridgehead atoms. The summed E-state index contributed by atoms with van der Waals surface area (Å²) in [6.45, 7) is 1.86. The van der Waals surface area contributed by atoms with Gasteiger partial charge in [-0.05, 0) is 52.6 Å². The summed E-state index contributed by atoms with van der Waals surface area (Å²) in [5.41, 5.74) is 1.59. The van der Waals surface area contributed by atoms with Crippen LogP contribution in [0, 0.1) is 0 Å². The van der Waals surface area contributed by atoms with E-state index in [4.69, 9.17) is 23.2 Å². The average Bonchev–Trinajstić information content (AvgIpc) is 3.01.